The third-order valence-electron chi connectivity index (χ3n) is 3.34. The van der Waals surface area contributed by atoms with Gasteiger partial charge in [-0.3, -0.25) is 9.79 Å². The van der Waals surface area contributed by atoms with Crippen LogP contribution in [0.25, 0.3) is 0 Å². The number of nitrogens with zero attached hydrogens (tertiary/aromatic N) is 2. The Hall–Kier alpha value is -1.31. The minimum absolute atomic E-state index is 0. The molecule has 0 spiro atoms. The highest BCUT2D eigenvalue weighted by Gasteiger charge is 2.04. The first-order valence-electron chi connectivity index (χ1n) is 7.64. The van der Waals surface area contributed by atoms with E-state index < -0.39 is 0 Å². The number of guanidine groups is 1. The fraction of sp³-hybridized carbons (Fsp3) is 0.529. The fourth-order valence-electron chi connectivity index (χ4n) is 2.27. The van der Waals surface area contributed by atoms with Gasteiger partial charge in [0.05, 0.1) is 0 Å². The number of hydrogen-bond acceptors (Lipinski definition) is 2. The van der Waals surface area contributed by atoms with Gasteiger partial charge in [0.1, 0.15) is 0 Å². The quantitative estimate of drug-likeness (QED) is 0.412. The third kappa shape index (κ3) is 8.78. The summed E-state index contributed by atoms with van der Waals surface area (Å²) in [7, 11) is 5.26. The zero-order valence-electron chi connectivity index (χ0n) is 14.8. The van der Waals surface area contributed by atoms with Crippen molar-refractivity contribution in [1.82, 2.24) is 15.5 Å². The SMILES string of the molecule is CN=C(NCCC(=O)N(C)C)NCCc1cc(C)cc(C)c1.I. The summed E-state index contributed by atoms with van der Waals surface area (Å²) in [6.45, 7) is 5.63. The molecule has 1 aromatic carbocycles. The number of aryl methyl sites for hydroxylation is 2. The maximum Gasteiger partial charge on any atom is 0.223 e. The van der Waals surface area contributed by atoms with Crippen molar-refractivity contribution >= 4 is 35.8 Å². The van der Waals surface area contributed by atoms with Crippen molar-refractivity contribution in [2.24, 2.45) is 4.99 Å². The van der Waals surface area contributed by atoms with Crippen molar-refractivity contribution < 1.29 is 4.79 Å². The molecule has 23 heavy (non-hydrogen) atoms. The van der Waals surface area contributed by atoms with Crippen molar-refractivity contribution in [3.8, 4) is 0 Å². The molecule has 0 unspecified atom stereocenters. The van der Waals surface area contributed by atoms with E-state index >= 15 is 0 Å². The van der Waals surface area contributed by atoms with Crippen LogP contribution in [-0.2, 0) is 11.2 Å². The van der Waals surface area contributed by atoms with Crippen LogP contribution < -0.4 is 10.6 Å². The minimum Gasteiger partial charge on any atom is -0.356 e. The molecule has 0 heterocycles. The minimum atomic E-state index is 0. The predicted molar refractivity (Wildman–Crippen MR) is 108 cm³/mol. The molecule has 0 saturated carbocycles. The van der Waals surface area contributed by atoms with Crippen LogP contribution >= 0.6 is 24.0 Å². The number of amides is 1. The number of carbonyl (C=O) groups is 1. The van der Waals surface area contributed by atoms with Gasteiger partial charge in [-0.25, -0.2) is 0 Å². The average Bonchev–Trinajstić information content (AvgIpc) is 2.44. The number of rotatable bonds is 6. The highest BCUT2D eigenvalue weighted by Crippen LogP contribution is 2.08. The molecule has 1 amide bonds. The van der Waals surface area contributed by atoms with Crippen LogP contribution in [0.5, 0.6) is 0 Å². The largest absolute Gasteiger partial charge is 0.356 e. The van der Waals surface area contributed by atoms with Gasteiger partial charge in [-0.15, -0.1) is 24.0 Å². The van der Waals surface area contributed by atoms with Gasteiger partial charge in [0.15, 0.2) is 5.96 Å². The molecule has 6 heteroatoms. The maximum absolute atomic E-state index is 11.5. The monoisotopic (exact) mass is 432 g/mol. The van der Waals surface area contributed by atoms with Crippen LogP contribution in [0.1, 0.15) is 23.1 Å². The average molecular weight is 432 g/mol. The molecule has 0 bridgehead atoms. The Kier molecular flexibility index (Phi) is 10.6. The number of carbonyl (C=O) groups excluding carboxylic acids is 1. The second-order valence-corrected chi connectivity index (χ2v) is 5.71. The van der Waals surface area contributed by atoms with Crippen LogP contribution in [-0.4, -0.2) is 51.0 Å². The molecule has 130 valence electrons. The van der Waals surface area contributed by atoms with E-state index in [1.165, 1.54) is 16.7 Å². The summed E-state index contributed by atoms with van der Waals surface area (Å²) in [5.41, 5.74) is 3.91. The lowest BCUT2D eigenvalue weighted by Crippen LogP contribution is -2.40. The number of nitrogens with one attached hydrogen (secondary N) is 2. The Bertz CT molecular complexity index is 509. The maximum atomic E-state index is 11.5. The summed E-state index contributed by atoms with van der Waals surface area (Å²) in [5.74, 6) is 0.842. The fourth-order valence-corrected chi connectivity index (χ4v) is 2.27. The summed E-state index contributed by atoms with van der Waals surface area (Å²) in [6.07, 6.45) is 1.41. The van der Waals surface area contributed by atoms with E-state index in [0.717, 1.165) is 18.9 Å². The molecule has 0 atom stereocenters. The Morgan fingerprint density at radius 1 is 1.09 bits per heavy atom. The first-order valence-corrected chi connectivity index (χ1v) is 7.64. The van der Waals surface area contributed by atoms with Gasteiger partial charge in [0, 0.05) is 40.7 Å². The van der Waals surface area contributed by atoms with E-state index in [9.17, 15) is 4.79 Å². The Morgan fingerprint density at radius 2 is 1.65 bits per heavy atom. The van der Waals surface area contributed by atoms with E-state index in [1.807, 2.05) is 0 Å². The normalized spacial score (nSPS) is 10.7. The lowest BCUT2D eigenvalue weighted by molar-refractivity contribution is -0.128. The van der Waals surface area contributed by atoms with Crippen molar-refractivity contribution in [2.75, 3.05) is 34.2 Å². The van der Waals surface area contributed by atoms with E-state index in [4.69, 9.17) is 0 Å². The predicted octanol–water partition coefficient (Wildman–Crippen LogP) is 2.11. The molecular weight excluding hydrogens is 403 g/mol. The van der Waals surface area contributed by atoms with Crippen molar-refractivity contribution in [2.45, 2.75) is 26.7 Å². The Labute approximate surface area is 157 Å². The van der Waals surface area contributed by atoms with Crippen LogP contribution in [0.3, 0.4) is 0 Å². The lowest BCUT2D eigenvalue weighted by atomic mass is 10.1. The molecule has 1 rings (SSSR count). The van der Waals surface area contributed by atoms with Crippen molar-refractivity contribution in [3.05, 3.63) is 34.9 Å². The van der Waals surface area contributed by atoms with E-state index in [0.29, 0.717) is 13.0 Å². The zero-order chi connectivity index (χ0) is 16.5. The van der Waals surface area contributed by atoms with Crippen LogP contribution in [0.4, 0.5) is 0 Å². The van der Waals surface area contributed by atoms with Crippen LogP contribution in [0, 0.1) is 13.8 Å². The van der Waals surface area contributed by atoms with Crippen LogP contribution in [0.15, 0.2) is 23.2 Å². The summed E-state index contributed by atoms with van der Waals surface area (Å²) in [4.78, 5) is 17.3. The van der Waals surface area contributed by atoms with E-state index in [-0.39, 0.29) is 29.9 Å². The van der Waals surface area contributed by atoms with Gasteiger partial charge in [-0.2, -0.15) is 0 Å². The third-order valence-corrected chi connectivity index (χ3v) is 3.34. The van der Waals surface area contributed by atoms with Gasteiger partial charge in [-0.1, -0.05) is 29.3 Å². The van der Waals surface area contributed by atoms with Crippen LogP contribution in [0.2, 0.25) is 0 Å². The topological polar surface area (TPSA) is 56.7 Å². The van der Waals surface area contributed by atoms with E-state index in [1.54, 1.807) is 26.0 Å². The zero-order valence-corrected chi connectivity index (χ0v) is 17.1. The molecule has 1 aromatic rings. The van der Waals surface area contributed by atoms with Gasteiger partial charge >= 0.3 is 0 Å². The van der Waals surface area contributed by atoms with Gasteiger partial charge in [-0.05, 0) is 25.8 Å². The summed E-state index contributed by atoms with van der Waals surface area (Å²) in [5, 5.41) is 6.43. The Balaban J connectivity index is 0.00000484. The molecule has 2 N–H and O–H groups in total. The lowest BCUT2D eigenvalue weighted by Gasteiger charge is -2.14. The van der Waals surface area contributed by atoms with Crippen molar-refractivity contribution in [1.29, 1.82) is 0 Å². The van der Waals surface area contributed by atoms with E-state index in [2.05, 4.69) is 47.7 Å². The molecule has 5 nitrogen and oxygen atoms in total. The van der Waals surface area contributed by atoms with Gasteiger partial charge < -0.3 is 15.5 Å². The molecule has 0 aliphatic rings. The molecule has 0 aromatic heterocycles. The number of aliphatic imine (C=N–C) groups is 1. The highest BCUT2D eigenvalue weighted by atomic mass is 127. The standard InChI is InChI=1S/C17H28N4O.HI/c1-13-10-14(2)12-15(11-13)6-8-19-17(18-3)20-9-7-16(22)21(4)5;/h10-12H,6-9H2,1-5H3,(H2,18,19,20);1H. The first kappa shape index (κ1) is 21.7. The summed E-state index contributed by atoms with van der Waals surface area (Å²) in [6, 6.07) is 6.60. The number of benzene rings is 1. The molecular formula is C17H29IN4O. The highest BCUT2D eigenvalue weighted by molar-refractivity contribution is 14.0. The van der Waals surface area contributed by atoms with Crippen molar-refractivity contribution in [3.63, 3.8) is 0 Å². The molecule has 0 aliphatic heterocycles. The molecule has 0 fully saturated rings. The number of hydrogen-bond donors (Lipinski definition) is 2. The summed E-state index contributed by atoms with van der Waals surface area (Å²) < 4.78 is 0. The van der Waals surface area contributed by atoms with Gasteiger partial charge in [0.2, 0.25) is 5.91 Å². The Morgan fingerprint density at radius 3 is 2.17 bits per heavy atom. The molecule has 0 saturated heterocycles. The van der Waals surface area contributed by atoms with Gasteiger partial charge in [0.25, 0.3) is 0 Å². The smallest absolute Gasteiger partial charge is 0.223 e. The second-order valence-electron chi connectivity index (χ2n) is 5.71. The molecule has 0 radical (unpaired) electrons. The first-order chi connectivity index (χ1) is 10.4. The second kappa shape index (κ2) is 11.3. The molecule has 0 aliphatic carbocycles. The summed E-state index contributed by atoms with van der Waals surface area (Å²) >= 11 is 0. The number of halogens is 1.